The van der Waals surface area contributed by atoms with Crippen molar-refractivity contribution in [2.24, 2.45) is 5.92 Å². The van der Waals surface area contributed by atoms with Crippen molar-refractivity contribution in [3.05, 3.63) is 69.2 Å². The third-order valence-corrected chi connectivity index (χ3v) is 3.88. The molecule has 0 radical (unpaired) electrons. The van der Waals surface area contributed by atoms with Crippen LogP contribution in [0.2, 0.25) is 5.02 Å². The van der Waals surface area contributed by atoms with Crippen LogP contribution in [0.15, 0.2) is 48.5 Å². The van der Waals surface area contributed by atoms with E-state index in [2.05, 4.69) is 5.32 Å². The smallest absolute Gasteiger partial charge is 0.269 e. The minimum absolute atomic E-state index is 0.0283. The van der Waals surface area contributed by atoms with Crippen LogP contribution in [0.1, 0.15) is 25.5 Å². The van der Waals surface area contributed by atoms with E-state index in [1.54, 1.807) is 12.1 Å². The summed E-state index contributed by atoms with van der Waals surface area (Å²) >= 11 is 5.90. The Morgan fingerprint density at radius 3 is 2.28 bits per heavy atom. The lowest BCUT2D eigenvalue weighted by molar-refractivity contribution is -0.384. The van der Waals surface area contributed by atoms with Gasteiger partial charge in [0, 0.05) is 17.2 Å². The fourth-order valence-electron chi connectivity index (χ4n) is 2.33. The van der Waals surface area contributed by atoms with E-state index in [0.717, 1.165) is 5.56 Å². The molecule has 0 aromatic heterocycles. The van der Waals surface area contributed by atoms with Gasteiger partial charge < -0.3 is 10.1 Å². The third-order valence-electron chi connectivity index (χ3n) is 3.63. The van der Waals surface area contributed by atoms with E-state index in [1.807, 2.05) is 26.0 Å². The number of hydrogen-bond donors (Lipinski definition) is 1. The second-order valence-corrected chi connectivity index (χ2v) is 6.32. The van der Waals surface area contributed by atoms with Crippen LogP contribution in [0, 0.1) is 16.0 Å². The second kappa shape index (κ2) is 8.48. The predicted molar refractivity (Wildman–Crippen MR) is 95.8 cm³/mol. The highest BCUT2D eigenvalue weighted by Gasteiger charge is 2.18. The van der Waals surface area contributed by atoms with Crippen molar-refractivity contribution in [2.45, 2.75) is 19.9 Å². The number of hydrogen-bond acceptors (Lipinski definition) is 4. The minimum atomic E-state index is -0.490. The van der Waals surface area contributed by atoms with Gasteiger partial charge in [0.1, 0.15) is 5.75 Å². The summed E-state index contributed by atoms with van der Waals surface area (Å²) in [6.45, 7) is 3.85. The van der Waals surface area contributed by atoms with Gasteiger partial charge in [-0.15, -0.1) is 0 Å². The van der Waals surface area contributed by atoms with Gasteiger partial charge in [0.25, 0.3) is 11.6 Å². The molecule has 0 saturated heterocycles. The van der Waals surface area contributed by atoms with Crippen molar-refractivity contribution in [1.82, 2.24) is 5.32 Å². The number of nitrogens with zero attached hydrogens (tertiary/aromatic N) is 1. The molecule has 1 amide bonds. The van der Waals surface area contributed by atoms with Gasteiger partial charge in [-0.05, 0) is 35.7 Å². The minimum Gasteiger partial charge on any atom is -0.484 e. The molecule has 0 heterocycles. The van der Waals surface area contributed by atoms with E-state index in [1.165, 1.54) is 24.3 Å². The molecule has 0 fully saturated rings. The van der Waals surface area contributed by atoms with Crippen LogP contribution in [0.5, 0.6) is 5.75 Å². The number of ether oxygens (including phenoxy) is 1. The van der Waals surface area contributed by atoms with Crippen molar-refractivity contribution >= 4 is 23.2 Å². The molecule has 0 aliphatic heterocycles. The highest BCUT2D eigenvalue weighted by molar-refractivity contribution is 6.30. The summed E-state index contributed by atoms with van der Waals surface area (Å²) in [5.74, 6) is 0.310. The van der Waals surface area contributed by atoms with Crippen molar-refractivity contribution in [3.8, 4) is 5.75 Å². The average molecular weight is 363 g/mol. The Bertz CT molecular complexity index is 730. The van der Waals surface area contributed by atoms with Crippen LogP contribution in [0.25, 0.3) is 0 Å². The van der Waals surface area contributed by atoms with Crippen molar-refractivity contribution in [3.63, 3.8) is 0 Å². The van der Waals surface area contributed by atoms with Gasteiger partial charge in [-0.25, -0.2) is 0 Å². The summed E-state index contributed by atoms with van der Waals surface area (Å²) in [7, 11) is 0. The lowest BCUT2D eigenvalue weighted by Crippen LogP contribution is -2.35. The van der Waals surface area contributed by atoms with Crippen molar-refractivity contribution < 1.29 is 14.5 Å². The maximum Gasteiger partial charge on any atom is 0.269 e. The Kier molecular flexibility index (Phi) is 6.36. The van der Waals surface area contributed by atoms with E-state index < -0.39 is 4.92 Å². The Morgan fingerprint density at radius 1 is 1.16 bits per heavy atom. The van der Waals surface area contributed by atoms with Gasteiger partial charge >= 0.3 is 0 Å². The van der Waals surface area contributed by atoms with Crippen LogP contribution in [-0.2, 0) is 4.79 Å². The summed E-state index contributed by atoms with van der Waals surface area (Å²) in [5.41, 5.74) is 0.933. The SMILES string of the molecule is CC(C)C(NC(=O)COc1ccc([N+](=O)[O-])cc1)c1ccc(Cl)cc1. The molecule has 25 heavy (non-hydrogen) atoms. The van der Waals surface area contributed by atoms with Gasteiger partial charge in [0.05, 0.1) is 11.0 Å². The zero-order valence-electron chi connectivity index (χ0n) is 13.9. The average Bonchev–Trinajstić information content (AvgIpc) is 2.59. The number of nitrogens with one attached hydrogen (secondary N) is 1. The largest absolute Gasteiger partial charge is 0.484 e. The predicted octanol–water partition coefficient (Wildman–Crippen LogP) is 4.14. The van der Waals surface area contributed by atoms with Crippen LogP contribution in [-0.4, -0.2) is 17.4 Å². The molecule has 132 valence electrons. The molecule has 0 spiro atoms. The van der Waals surface area contributed by atoms with Gasteiger partial charge in [-0.2, -0.15) is 0 Å². The molecule has 7 heteroatoms. The summed E-state index contributed by atoms with van der Waals surface area (Å²) < 4.78 is 5.38. The topological polar surface area (TPSA) is 81.5 Å². The molecule has 1 unspecified atom stereocenters. The number of benzene rings is 2. The fraction of sp³-hybridized carbons (Fsp3) is 0.278. The number of amides is 1. The highest BCUT2D eigenvalue weighted by Crippen LogP contribution is 2.23. The molecule has 0 aliphatic carbocycles. The molecule has 0 bridgehead atoms. The van der Waals surface area contributed by atoms with Crippen LogP contribution < -0.4 is 10.1 Å². The summed E-state index contributed by atoms with van der Waals surface area (Å²) in [5, 5.41) is 14.2. The molecule has 2 aromatic carbocycles. The maximum absolute atomic E-state index is 12.2. The monoisotopic (exact) mass is 362 g/mol. The van der Waals surface area contributed by atoms with Crippen LogP contribution >= 0.6 is 11.6 Å². The Labute approximate surface area is 150 Å². The zero-order chi connectivity index (χ0) is 18.4. The Balaban J connectivity index is 1.95. The lowest BCUT2D eigenvalue weighted by atomic mass is 9.96. The van der Waals surface area contributed by atoms with E-state index in [0.29, 0.717) is 10.8 Å². The van der Waals surface area contributed by atoms with E-state index in [4.69, 9.17) is 16.3 Å². The van der Waals surface area contributed by atoms with E-state index >= 15 is 0 Å². The van der Waals surface area contributed by atoms with Gasteiger partial charge in [-0.3, -0.25) is 14.9 Å². The fourth-order valence-corrected chi connectivity index (χ4v) is 2.46. The molecule has 2 aromatic rings. The van der Waals surface area contributed by atoms with Gasteiger partial charge in [0.15, 0.2) is 6.61 Å². The Morgan fingerprint density at radius 2 is 1.76 bits per heavy atom. The number of carbonyl (C=O) groups is 1. The second-order valence-electron chi connectivity index (χ2n) is 5.88. The molecule has 1 atom stereocenters. The first kappa shape index (κ1) is 18.7. The first-order valence-corrected chi connectivity index (χ1v) is 8.16. The summed E-state index contributed by atoms with van der Waals surface area (Å²) in [6, 6.07) is 12.8. The standard InChI is InChI=1S/C18H19ClN2O4/c1-12(2)18(13-3-5-14(19)6-4-13)20-17(22)11-25-16-9-7-15(8-10-16)21(23)24/h3-10,12,18H,11H2,1-2H3,(H,20,22). The van der Waals surface area contributed by atoms with Gasteiger partial charge in [-0.1, -0.05) is 37.6 Å². The highest BCUT2D eigenvalue weighted by atomic mass is 35.5. The van der Waals surface area contributed by atoms with E-state index in [-0.39, 0.29) is 30.2 Å². The summed E-state index contributed by atoms with van der Waals surface area (Å²) in [4.78, 5) is 22.3. The zero-order valence-corrected chi connectivity index (χ0v) is 14.7. The molecule has 0 aliphatic rings. The molecule has 0 saturated carbocycles. The first-order chi connectivity index (χ1) is 11.9. The number of nitro benzene ring substituents is 1. The van der Waals surface area contributed by atoms with Crippen LogP contribution in [0.3, 0.4) is 0 Å². The normalized spacial score (nSPS) is 11.8. The number of non-ortho nitro benzene ring substituents is 1. The third kappa shape index (κ3) is 5.46. The molecule has 1 N–H and O–H groups in total. The van der Waals surface area contributed by atoms with Gasteiger partial charge in [0.2, 0.25) is 0 Å². The van der Waals surface area contributed by atoms with E-state index in [9.17, 15) is 14.9 Å². The molecule has 2 rings (SSSR count). The quantitative estimate of drug-likeness (QED) is 0.592. The molecular weight excluding hydrogens is 344 g/mol. The molecular formula is C18H19ClN2O4. The Hall–Kier alpha value is -2.60. The lowest BCUT2D eigenvalue weighted by Gasteiger charge is -2.23. The number of nitro groups is 1. The van der Waals surface area contributed by atoms with Crippen LogP contribution in [0.4, 0.5) is 5.69 Å². The summed E-state index contributed by atoms with van der Waals surface area (Å²) in [6.07, 6.45) is 0. The maximum atomic E-state index is 12.2. The van der Waals surface area contributed by atoms with Crippen molar-refractivity contribution in [1.29, 1.82) is 0 Å². The molecule has 6 nitrogen and oxygen atoms in total. The number of carbonyl (C=O) groups excluding carboxylic acids is 1. The number of halogens is 1. The first-order valence-electron chi connectivity index (χ1n) is 7.79. The van der Waals surface area contributed by atoms with Crippen molar-refractivity contribution in [2.75, 3.05) is 6.61 Å². The number of rotatable bonds is 7.